The topological polar surface area (TPSA) is 102 Å². The lowest BCUT2D eigenvalue weighted by Gasteiger charge is -2.40. The van der Waals surface area contributed by atoms with E-state index in [4.69, 9.17) is 9.16 Å². The highest BCUT2D eigenvalue weighted by molar-refractivity contribution is 6.74. The summed E-state index contributed by atoms with van der Waals surface area (Å²) in [6.07, 6.45) is 4.46. The van der Waals surface area contributed by atoms with Crippen LogP contribution in [0.5, 0.6) is 0 Å². The van der Waals surface area contributed by atoms with E-state index in [0.29, 0.717) is 6.42 Å². The van der Waals surface area contributed by atoms with Crippen molar-refractivity contribution in [3.8, 4) is 0 Å². The van der Waals surface area contributed by atoms with Gasteiger partial charge in [-0.15, -0.1) is 0 Å². The second kappa shape index (κ2) is 12.1. The zero-order valence-electron chi connectivity index (χ0n) is 21.1. The Labute approximate surface area is 194 Å². The molecular formula is C24H43NO6Si. The van der Waals surface area contributed by atoms with Gasteiger partial charge in [-0.25, -0.2) is 0 Å². The van der Waals surface area contributed by atoms with Crippen molar-refractivity contribution in [2.45, 2.75) is 104 Å². The lowest BCUT2D eigenvalue weighted by atomic mass is 9.90. The predicted octanol–water partition coefficient (Wildman–Crippen LogP) is 4.32. The Morgan fingerprint density at radius 3 is 2.38 bits per heavy atom. The fourth-order valence-electron chi connectivity index (χ4n) is 3.47. The molecule has 0 aliphatic carbocycles. The Kier molecular flexibility index (Phi) is 10.8. The molecule has 1 saturated heterocycles. The molecule has 1 aliphatic heterocycles. The van der Waals surface area contributed by atoms with Gasteiger partial charge in [0.1, 0.15) is 0 Å². The van der Waals surface area contributed by atoms with Crippen LogP contribution in [0, 0.1) is 11.8 Å². The number of nitrogens with one attached hydrogen (secondary N) is 1. The van der Waals surface area contributed by atoms with Crippen LogP contribution in [0.1, 0.15) is 67.2 Å². The minimum atomic E-state index is -2.21. The lowest BCUT2D eigenvalue weighted by Crippen LogP contribution is -2.50. The maximum atomic E-state index is 12.7. The van der Waals surface area contributed by atoms with E-state index in [1.165, 1.54) is 0 Å². The van der Waals surface area contributed by atoms with Gasteiger partial charge in [-0.2, -0.15) is 0 Å². The molecule has 2 N–H and O–H groups in total. The molecule has 0 aromatic carbocycles. The highest BCUT2D eigenvalue weighted by Gasteiger charge is 2.41. The van der Waals surface area contributed by atoms with Gasteiger partial charge in [0.05, 0.1) is 30.7 Å². The molecule has 7 nitrogen and oxygen atoms in total. The second-order valence-electron chi connectivity index (χ2n) is 10.6. The van der Waals surface area contributed by atoms with Crippen LogP contribution in [0.3, 0.4) is 0 Å². The molecule has 184 valence electrons. The first kappa shape index (κ1) is 28.5. The van der Waals surface area contributed by atoms with Crippen LogP contribution in [-0.4, -0.2) is 55.9 Å². The van der Waals surface area contributed by atoms with Crippen molar-refractivity contribution in [1.82, 2.24) is 5.32 Å². The summed E-state index contributed by atoms with van der Waals surface area (Å²) >= 11 is 0. The minimum absolute atomic E-state index is 0.0310. The molecule has 0 unspecified atom stereocenters. The maximum Gasteiger partial charge on any atom is 0.308 e. The molecule has 0 aromatic rings. The summed E-state index contributed by atoms with van der Waals surface area (Å²) in [6.45, 7) is 16.1. The third-order valence-electron chi connectivity index (χ3n) is 6.81. The Bertz CT molecular complexity index is 684. The number of ketones is 1. The van der Waals surface area contributed by atoms with Gasteiger partial charge < -0.3 is 19.6 Å². The van der Waals surface area contributed by atoms with Crippen molar-refractivity contribution >= 4 is 26.0 Å². The quantitative estimate of drug-likeness (QED) is 0.345. The van der Waals surface area contributed by atoms with E-state index in [-0.39, 0.29) is 47.8 Å². The zero-order chi connectivity index (χ0) is 24.7. The van der Waals surface area contributed by atoms with Crippen LogP contribution < -0.4 is 5.32 Å². The SMILES string of the molecule is C/C=C/C(=O)C[C@H]1CC[C@H](C)[C@H](CC(=O)NC[C@H](O[Si](C)(C)C(C)(C)C)[C@H](C)C(=O)O)O1. The number of ether oxygens (including phenoxy) is 1. The summed E-state index contributed by atoms with van der Waals surface area (Å²) in [6, 6.07) is 0. The molecule has 0 spiro atoms. The molecular weight excluding hydrogens is 426 g/mol. The van der Waals surface area contributed by atoms with E-state index in [1.807, 2.05) is 6.92 Å². The van der Waals surface area contributed by atoms with E-state index in [0.717, 1.165) is 12.8 Å². The Morgan fingerprint density at radius 2 is 1.84 bits per heavy atom. The molecule has 0 bridgehead atoms. The largest absolute Gasteiger partial charge is 0.481 e. The Morgan fingerprint density at radius 1 is 1.22 bits per heavy atom. The average Bonchev–Trinajstić information content (AvgIpc) is 2.66. The number of carboxylic acids is 1. The minimum Gasteiger partial charge on any atom is -0.481 e. The first-order valence-corrected chi connectivity index (χ1v) is 14.6. The number of rotatable bonds is 11. The molecule has 8 heteroatoms. The molecule has 1 heterocycles. The molecule has 1 amide bonds. The number of allylic oxidation sites excluding steroid dienone is 2. The first-order valence-electron chi connectivity index (χ1n) is 11.7. The molecule has 5 atom stereocenters. The summed E-state index contributed by atoms with van der Waals surface area (Å²) in [5.41, 5.74) is 0. The van der Waals surface area contributed by atoms with Crippen molar-refractivity contribution < 1.29 is 28.7 Å². The number of carbonyl (C=O) groups is 3. The average molecular weight is 470 g/mol. The summed E-state index contributed by atoms with van der Waals surface area (Å²) in [4.78, 5) is 36.2. The Balaban J connectivity index is 2.73. The van der Waals surface area contributed by atoms with Gasteiger partial charge in [0.15, 0.2) is 14.1 Å². The number of carbonyl (C=O) groups excluding carboxylic acids is 2. The summed E-state index contributed by atoms with van der Waals surface area (Å²) in [5.74, 6) is -1.63. The summed E-state index contributed by atoms with van der Waals surface area (Å²) in [7, 11) is -2.21. The second-order valence-corrected chi connectivity index (χ2v) is 15.3. The number of carboxylic acid groups (broad SMARTS) is 1. The highest BCUT2D eigenvalue weighted by atomic mass is 28.4. The van der Waals surface area contributed by atoms with Crippen LogP contribution >= 0.6 is 0 Å². The van der Waals surface area contributed by atoms with Gasteiger partial charge in [-0.3, -0.25) is 14.4 Å². The van der Waals surface area contributed by atoms with Crippen molar-refractivity contribution in [3.63, 3.8) is 0 Å². The van der Waals surface area contributed by atoms with Gasteiger partial charge in [-0.05, 0) is 56.8 Å². The monoisotopic (exact) mass is 469 g/mol. The van der Waals surface area contributed by atoms with Crippen molar-refractivity contribution in [3.05, 3.63) is 12.2 Å². The van der Waals surface area contributed by atoms with Gasteiger partial charge in [0, 0.05) is 13.0 Å². The predicted molar refractivity (Wildman–Crippen MR) is 128 cm³/mol. The van der Waals surface area contributed by atoms with Crippen LogP contribution in [0.15, 0.2) is 12.2 Å². The molecule has 0 radical (unpaired) electrons. The van der Waals surface area contributed by atoms with Crippen LogP contribution in [0.25, 0.3) is 0 Å². The Hall–Kier alpha value is -1.51. The van der Waals surface area contributed by atoms with Crippen LogP contribution in [0.4, 0.5) is 0 Å². The molecule has 0 saturated carbocycles. The van der Waals surface area contributed by atoms with Crippen molar-refractivity contribution in [2.24, 2.45) is 11.8 Å². The molecule has 1 aliphatic rings. The summed E-state index contributed by atoms with van der Waals surface area (Å²) in [5, 5.41) is 12.3. The number of hydrogen-bond donors (Lipinski definition) is 2. The number of amides is 1. The van der Waals surface area contributed by atoms with Gasteiger partial charge in [0.2, 0.25) is 5.91 Å². The van der Waals surface area contributed by atoms with Crippen LogP contribution in [-0.2, 0) is 23.5 Å². The first-order chi connectivity index (χ1) is 14.7. The normalized spacial score (nSPS) is 24.2. The standard InChI is InChI=1S/C24H43NO6Si/c1-9-10-18(26)13-19-12-11-16(2)20(30-19)14-22(27)25-15-21(17(3)23(28)29)31-32(7,8)24(4,5)6/h9-10,16-17,19-21H,11-15H2,1-8H3,(H,25,27)(H,28,29)/b10-9+/t16-,17-,19+,20-,21-/m0/s1. The maximum absolute atomic E-state index is 12.7. The molecule has 0 aromatic heterocycles. The lowest BCUT2D eigenvalue weighted by molar-refractivity contribution is -0.145. The van der Waals surface area contributed by atoms with Crippen molar-refractivity contribution in [2.75, 3.05) is 6.54 Å². The van der Waals surface area contributed by atoms with E-state index in [1.54, 1.807) is 19.1 Å². The van der Waals surface area contributed by atoms with E-state index < -0.39 is 26.3 Å². The fraction of sp³-hybridized carbons (Fsp3) is 0.792. The van der Waals surface area contributed by atoms with Crippen LogP contribution in [0.2, 0.25) is 18.1 Å². The fourth-order valence-corrected chi connectivity index (χ4v) is 4.86. The molecule has 1 rings (SSSR count). The third-order valence-corrected chi connectivity index (χ3v) is 11.3. The van der Waals surface area contributed by atoms with E-state index in [9.17, 15) is 19.5 Å². The van der Waals surface area contributed by atoms with Gasteiger partial charge in [0.25, 0.3) is 0 Å². The van der Waals surface area contributed by atoms with E-state index >= 15 is 0 Å². The van der Waals surface area contributed by atoms with Crippen molar-refractivity contribution in [1.29, 1.82) is 0 Å². The number of hydrogen-bond acceptors (Lipinski definition) is 5. The van der Waals surface area contributed by atoms with E-state index in [2.05, 4.69) is 46.1 Å². The smallest absolute Gasteiger partial charge is 0.308 e. The van der Waals surface area contributed by atoms with Gasteiger partial charge >= 0.3 is 5.97 Å². The molecule has 32 heavy (non-hydrogen) atoms. The third kappa shape index (κ3) is 8.79. The van der Waals surface area contributed by atoms with Gasteiger partial charge in [-0.1, -0.05) is 33.8 Å². The highest BCUT2D eigenvalue weighted by Crippen LogP contribution is 2.38. The zero-order valence-corrected chi connectivity index (χ0v) is 22.1. The summed E-state index contributed by atoms with van der Waals surface area (Å²) < 4.78 is 12.4. The molecule has 1 fully saturated rings. The number of aliphatic carboxylic acids is 1.